The Bertz CT molecular complexity index is 813. The van der Waals surface area contributed by atoms with Gasteiger partial charge in [0.05, 0.1) is 11.8 Å². The lowest BCUT2D eigenvalue weighted by Crippen LogP contribution is -2.27. The Kier molecular flexibility index (Phi) is 4.88. The van der Waals surface area contributed by atoms with Gasteiger partial charge in [-0.2, -0.15) is 0 Å². The first-order valence-electron chi connectivity index (χ1n) is 8.65. The molecule has 130 valence electrons. The molecule has 2 aromatic carbocycles. The fourth-order valence-electron chi connectivity index (χ4n) is 3.01. The molecule has 3 rings (SSSR count). The van der Waals surface area contributed by atoms with Crippen LogP contribution in [0, 0.1) is 32.6 Å². The van der Waals surface area contributed by atoms with Crippen LogP contribution in [0.5, 0.6) is 0 Å². The molecular formula is C21H24N2O2. The van der Waals surface area contributed by atoms with Crippen LogP contribution < -0.4 is 10.6 Å². The first-order chi connectivity index (χ1) is 11.9. The van der Waals surface area contributed by atoms with Gasteiger partial charge in [-0.1, -0.05) is 42.0 Å². The van der Waals surface area contributed by atoms with Gasteiger partial charge in [-0.25, -0.2) is 0 Å². The van der Waals surface area contributed by atoms with Crippen LogP contribution in [0.25, 0.3) is 0 Å². The molecule has 0 spiro atoms. The summed E-state index contributed by atoms with van der Waals surface area (Å²) in [4.78, 5) is 24.6. The highest BCUT2D eigenvalue weighted by molar-refractivity contribution is 5.99. The topological polar surface area (TPSA) is 58.2 Å². The molecule has 0 saturated heterocycles. The Morgan fingerprint density at radius 2 is 1.68 bits per heavy atom. The molecule has 1 aliphatic carbocycles. The maximum Gasteiger partial charge on any atom is 0.228 e. The monoisotopic (exact) mass is 336 g/mol. The molecule has 0 aromatic heterocycles. The van der Waals surface area contributed by atoms with E-state index in [0.29, 0.717) is 13.0 Å². The average Bonchev–Trinajstić information content (AvgIpc) is 3.37. The van der Waals surface area contributed by atoms with E-state index in [2.05, 4.69) is 16.7 Å². The van der Waals surface area contributed by atoms with Crippen LogP contribution in [0.1, 0.15) is 28.7 Å². The highest BCUT2D eigenvalue weighted by Gasteiger charge is 2.47. The predicted octanol–water partition coefficient (Wildman–Crippen LogP) is 3.50. The molecular weight excluding hydrogens is 312 g/mol. The van der Waals surface area contributed by atoms with Crippen molar-refractivity contribution >= 4 is 17.5 Å². The second kappa shape index (κ2) is 7.09. The van der Waals surface area contributed by atoms with Gasteiger partial charge < -0.3 is 10.6 Å². The first-order valence-corrected chi connectivity index (χ1v) is 8.65. The summed E-state index contributed by atoms with van der Waals surface area (Å²) in [6, 6.07) is 14.0. The molecule has 2 unspecified atom stereocenters. The second-order valence-corrected chi connectivity index (χ2v) is 6.96. The minimum atomic E-state index is -0.225. The zero-order valence-electron chi connectivity index (χ0n) is 14.9. The summed E-state index contributed by atoms with van der Waals surface area (Å²) >= 11 is 0. The van der Waals surface area contributed by atoms with Gasteiger partial charge in [0.25, 0.3) is 0 Å². The number of hydrogen-bond acceptors (Lipinski definition) is 2. The van der Waals surface area contributed by atoms with E-state index in [1.807, 2.05) is 57.2 Å². The van der Waals surface area contributed by atoms with Crippen molar-refractivity contribution in [2.24, 2.45) is 11.8 Å². The summed E-state index contributed by atoms with van der Waals surface area (Å²) in [5, 5.41) is 5.90. The van der Waals surface area contributed by atoms with Crippen molar-refractivity contribution in [2.75, 3.05) is 5.32 Å². The summed E-state index contributed by atoms with van der Waals surface area (Å²) in [6.07, 6.45) is 0.621. The zero-order valence-corrected chi connectivity index (χ0v) is 14.9. The molecule has 4 heteroatoms. The van der Waals surface area contributed by atoms with Crippen molar-refractivity contribution < 1.29 is 9.59 Å². The van der Waals surface area contributed by atoms with E-state index >= 15 is 0 Å². The molecule has 2 amide bonds. The van der Waals surface area contributed by atoms with E-state index in [1.165, 1.54) is 5.56 Å². The van der Waals surface area contributed by atoms with Gasteiger partial charge >= 0.3 is 0 Å². The molecule has 2 aromatic rings. The zero-order chi connectivity index (χ0) is 18.0. The van der Waals surface area contributed by atoms with E-state index in [1.54, 1.807) is 0 Å². The second-order valence-electron chi connectivity index (χ2n) is 6.96. The number of amides is 2. The number of nitrogens with one attached hydrogen (secondary N) is 2. The lowest BCUT2D eigenvalue weighted by molar-refractivity contribution is -0.125. The van der Waals surface area contributed by atoms with E-state index in [-0.39, 0.29) is 23.7 Å². The molecule has 0 bridgehead atoms. The van der Waals surface area contributed by atoms with E-state index in [0.717, 1.165) is 22.4 Å². The van der Waals surface area contributed by atoms with Crippen LogP contribution in [0.2, 0.25) is 0 Å². The van der Waals surface area contributed by atoms with Crippen LogP contribution in [0.4, 0.5) is 5.69 Å². The third-order valence-electron chi connectivity index (χ3n) is 4.66. The largest absolute Gasteiger partial charge is 0.352 e. The number of hydrogen-bond donors (Lipinski definition) is 2. The lowest BCUT2D eigenvalue weighted by Gasteiger charge is -2.09. The normalized spacial score (nSPS) is 18.5. The maximum atomic E-state index is 12.4. The van der Waals surface area contributed by atoms with Gasteiger partial charge in [0.15, 0.2) is 0 Å². The molecule has 0 heterocycles. The van der Waals surface area contributed by atoms with Crippen molar-refractivity contribution in [1.29, 1.82) is 0 Å². The van der Waals surface area contributed by atoms with E-state index in [4.69, 9.17) is 0 Å². The fourth-order valence-corrected chi connectivity index (χ4v) is 3.01. The third kappa shape index (κ3) is 4.27. The molecule has 2 N–H and O–H groups in total. The van der Waals surface area contributed by atoms with Gasteiger partial charge in [0, 0.05) is 12.2 Å². The molecule has 4 nitrogen and oxygen atoms in total. The van der Waals surface area contributed by atoms with Crippen molar-refractivity contribution in [3.05, 3.63) is 64.7 Å². The number of rotatable bonds is 5. The Labute approximate surface area is 148 Å². The van der Waals surface area contributed by atoms with Gasteiger partial charge in [-0.15, -0.1) is 0 Å². The molecule has 1 fully saturated rings. The Morgan fingerprint density at radius 3 is 2.44 bits per heavy atom. The minimum absolute atomic E-state index is 0.0392. The van der Waals surface area contributed by atoms with Gasteiger partial charge in [-0.3, -0.25) is 9.59 Å². The highest BCUT2D eigenvalue weighted by Crippen LogP contribution is 2.39. The smallest absolute Gasteiger partial charge is 0.228 e. The molecule has 1 aliphatic rings. The Morgan fingerprint density at radius 1 is 0.960 bits per heavy atom. The van der Waals surface area contributed by atoms with Crippen molar-refractivity contribution in [3.63, 3.8) is 0 Å². The first kappa shape index (κ1) is 17.2. The van der Waals surface area contributed by atoms with Crippen LogP contribution in [-0.2, 0) is 16.1 Å². The predicted molar refractivity (Wildman–Crippen MR) is 99.2 cm³/mol. The number of carbonyl (C=O) groups is 2. The quantitative estimate of drug-likeness (QED) is 0.878. The molecule has 25 heavy (non-hydrogen) atoms. The highest BCUT2D eigenvalue weighted by atomic mass is 16.2. The average molecular weight is 336 g/mol. The van der Waals surface area contributed by atoms with Gasteiger partial charge in [-0.05, 0) is 49.9 Å². The van der Waals surface area contributed by atoms with E-state index in [9.17, 15) is 9.59 Å². The van der Waals surface area contributed by atoms with Crippen molar-refractivity contribution in [2.45, 2.75) is 33.7 Å². The van der Waals surface area contributed by atoms with Crippen LogP contribution in [0.3, 0.4) is 0 Å². The Hall–Kier alpha value is -2.62. The summed E-state index contributed by atoms with van der Waals surface area (Å²) in [5.41, 5.74) is 5.20. The maximum absolute atomic E-state index is 12.4. The number of benzene rings is 2. The third-order valence-corrected chi connectivity index (χ3v) is 4.66. The van der Waals surface area contributed by atoms with Crippen molar-refractivity contribution in [1.82, 2.24) is 5.32 Å². The number of carbonyl (C=O) groups excluding carboxylic acids is 2. The van der Waals surface area contributed by atoms with E-state index < -0.39 is 0 Å². The number of aryl methyl sites for hydroxylation is 3. The summed E-state index contributed by atoms with van der Waals surface area (Å²) in [6.45, 7) is 6.49. The van der Waals surface area contributed by atoms with Crippen molar-refractivity contribution in [3.8, 4) is 0 Å². The van der Waals surface area contributed by atoms with Crippen LogP contribution in [0.15, 0.2) is 42.5 Å². The molecule has 0 radical (unpaired) electrons. The molecule has 0 aliphatic heterocycles. The lowest BCUT2D eigenvalue weighted by atomic mass is 10.1. The summed E-state index contributed by atoms with van der Waals surface area (Å²) in [5.74, 6) is -0.542. The van der Waals surface area contributed by atoms with Crippen LogP contribution >= 0.6 is 0 Å². The summed E-state index contributed by atoms with van der Waals surface area (Å²) in [7, 11) is 0. The van der Waals surface area contributed by atoms with Gasteiger partial charge in [0.1, 0.15) is 0 Å². The van der Waals surface area contributed by atoms with Crippen LogP contribution in [-0.4, -0.2) is 11.8 Å². The number of anilines is 1. The summed E-state index contributed by atoms with van der Waals surface area (Å²) < 4.78 is 0. The standard InChI is InChI=1S/C21H24N2O2/c1-13-5-4-6-16(9-13)12-22-20(24)17-11-18(17)21(25)23-19-10-14(2)7-8-15(19)3/h4-10,17-18H,11-12H2,1-3H3,(H,22,24)(H,23,25). The molecule has 2 atom stereocenters. The SMILES string of the molecule is Cc1cccc(CNC(=O)C2CC2C(=O)Nc2cc(C)ccc2C)c1. The molecule has 1 saturated carbocycles. The Balaban J connectivity index is 1.52. The van der Waals surface area contributed by atoms with Gasteiger partial charge in [0.2, 0.25) is 11.8 Å². The minimum Gasteiger partial charge on any atom is -0.352 e. The fraction of sp³-hybridized carbons (Fsp3) is 0.333.